The number of aliphatic hydroxyl groups is 6. The number of rotatable bonds is 3. The molecule has 19 unspecified atom stereocenters. The summed E-state index contributed by atoms with van der Waals surface area (Å²) in [5.74, 6) is -5.18. The van der Waals surface area contributed by atoms with Crippen molar-refractivity contribution in [3.05, 3.63) is 36.5 Å². The van der Waals surface area contributed by atoms with Crippen molar-refractivity contribution in [2.24, 2.45) is 53.3 Å². The molecule has 2 bridgehead atoms. The molecule has 19 atom stereocenters. The van der Waals surface area contributed by atoms with Crippen LogP contribution in [0.3, 0.4) is 0 Å². The molecule has 0 aromatic heterocycles. The average molecular weight is 793 g/mol. The highest BCUT2D eigenvalue weighted by Crippen LogP contribution is 2.49. The van der Waals surface area contributed by atoms with E-state index in [-0.39, 0.29) is 41.8 Å². The number of fused-ring (bicyclic) bond motifs is 2. The predicted octanol–water partition coefficient (Wildman–Crippen LogP) is 5.67. The first-order valence-electron chi connectivity index (χ1n) is 21.3. The maximum atomic E-state index is 13.6. The van der Waals surface area contributed by atoms with Crippen LogP contribution in [-0.2, 0) is 23.8 Å². The van der Waals surface area contributed by atoms with Crippen LogP contribution in [0.25, 0.3) is 0 Å². The van der Waals surface area contributed by atoms with Crippen LogP contribution < -0.4 is 0 Å². The molecule has 322 valence electrons. The molecular formula is C45H76O11. The topological polar surface area (TPSA) is 183 Å². The van der Waals surface area contributed by atoms with Gasteiger partial charge in [0, 0.05) is 54.4 Å². The van der Waals surface area contributed by atoms with Gasteiger partial charge in [0.25, 0.3) is 0 Å². The quantitative estimate of drug-likeness (QED) is 0.194. The normalized spacial score (nSPS) is 45.6. The van der Waals surface area contributed by atoms with Crippen molar-refractivity contribution in [1.82, 2.24) is 0 Å². The average Bonchev–Trinajstić information content (AvgIpc) is 3.16. The third-order valence-electron chi connectivity index (χ3n) is 13.9. The highest BCUT2D eigenvalue weighted by Gasteiger charge is 2.57. The summed E-state index contributed by atoms with van der Waals surface area (Å²) in [6.45, 7) is 20.0. The second-order valence-corrected chi connectivity index (χ2v) is 18.2. The van der Waals surface area contributed by atoms with E-state index in [9.17, 15) is 40.2 Å². The standard InChI is InChI=1S/C45H76O11/c1-12-34-17-15-13-14-16-27(4)43(52)44(11,53)37(48)24-35(47)29(6)40(51)31(8)39(50)25(2)18-21-38(49)54-42-30(7)36(20-19-34)55-45(32(42)9)23-22-26(3)41(56-45)28(5)33(10)46/h13-15,17-18,21,25-36,39-43,46-47,50-53H,12,16,19-20,22-24H2,1-11H3. The first-order valence-corrected chi connectivity index (χ1v) is 21.3. The molecule has 6 N–H and O–H groups in total. The van der Waals surface area contributed by atoms with Crippen LogP contribution in [0.5, 0.6) is 0 Å². The minimum absolute atomic E-state index is 0.132. The lowest BCUT2D eigenvalue weighted by molar-refractivity contribution is -0.375. The van der Waals surface area contributed by atoms with E-state index in [0.717, 1.165) is 19.3 Å². The largest absolute Gasteiger partial charge is 0.458 e. The fourth-order valence-corrected chi connectivity index (χ4v) is 8.98. The maximum absolute atomic E-state index is 13.6. The number of hydrogen-bond acceptors (Lipinski definition) is 11. The molecule has 0 radical (unpaired) electrons. The first kappa shape index (κ1) is 48.4. The zero-order valence-electron chi connectivity index (χ0n) is 36.0. The molecule has 3 aliphatic rings. The smallest absolute Gasteiger partial charge is 0.330 e. The van der Waals surface area contributed by atoms with Gasteiger partial charge in [-0.1, -0.05) is 92.7 Å². The number of ketones is 1. The van der Waals surface area contributed by atoms with Crippen LogP contribution in [0.2, 0.25) is 0 Å². The van der Waals surface area contributed by atoms with Crippen LogP contribution in [0.4, 0.5) is 0 Å². The van der Waals surface area contributed by atoms with E-state index in [1.807, 2.05) is 32.1 Å². The minimum Gasteiger partial charge on any atom is -0.458 e. The zero-order valence-corrected chi connectivity index (χ0v) is 36.0. The number of esters is 1. The van der Waals surface area contributed by atoms with Crippen molar-refractivity contribution in [2.45, 2.75) is 181 Å². The summed E-state index contributed by atoms with van der Waals surface area (Å²) in [4.78, 5) is 26.7. The van der Waals surface area contributed by atoms with Gasteiger partial charge in [-0.25, -0.2) is 4.79 Å². The summed E-state index contributed by atoms with van der Waals surface area (Å²) < 4.78 is 20.2. The van der Waals surface area contributed by atoms with Crippen molar-refractivity contribution >= 4 is 11.8 Å². The van der Waals surface area contributed by atoms with Gasteiger partial charge in [0.15, 0.2) is 11.6 Å². The fourth-order valence-electron chi connectivity index (χ4n) is 8.98. The molecule has 2 fully saturated rings. The van der Waals surface area contributed by atoms with Gasteiger partial charge in [0.1, 0.15) is 11.7 Å². The van der Waals surface area contributed by atoms with E-state index in [0.29, 0.717) is 19.3 Å². The molecule has 0 saturated carbocycles. The van der Waals surface area contributed by atoms with Crippen molar-refractivity contribution < 1.29 is 54.4 Å². The van der Waals surface area contributed by atoms with Gasteiger partial charge < -0.3 is 44.8 Å². The SMILES string of the molecule is CCC1C=CC=CCC(C)C(O)C(C)(O)C(=O)CC(O)C(C)C(O)C(C)C(O)C(C)C=CC(=O)OC2C(C)C(CC1)OC1(CCC(C)C(C(C)C(C)O)O1)C2C. The van der Waals surface area contributed by atoms with E-state index < -0.39 is 89.9 Å². The van der Waals surface area contributed by atoms with E-state index in [1.54, 1.807) is 40.7 Å². The molecule has 2 saturated heterocycles. The Bertz CT molecular complexity index is 1340. The van der Waals surface area contributed by atoms with Gasteiger partial charge in [-0.2, -0.15) is 0 Å². The molecule has 0 amide bonds. The summed E-state index contributed by atoms with van der Waals surface area (Å²) in [6, 6.07) is 0. The molecule has 11 nitrogen and oxygen atoms in total. The molecule has 0 aliphatic carbocycles. The van der Waals surface area contributed by atoms with E-state index in [4.69, 9.17) is 14.2 Å². The van der Waals surface area contributed by atoms with Crippen LogP contribution in [0.15, 0.2) is 36.5 Å². The zero-order chi connectivity index (χ0) is 42.3. The predicted molar refractivity (Wildman–Crippen MR) is 216 cm³/mol. The highest BCUT2D eigenvalue weighted by molar-refractivity contribution is 5.87. The Hall–Kier alpha value is -1.96. The number of Topliss-reactive ketones (excluding diaryl/α,β-unsaturated/α-hetero) is 1. The van der Waals surface area contributed by atoms with Gasteiger partial charge >= 0.3 is 5.97 Å². The van der Waals surface area contributed by atoms with Crippen molar-refractivity contribution in [1.29, 1.82) is 0 Å². The van der Waals surface area contributed by atoms with Gasteiger partial charge in [0.05, 0.1) is 42.7 Å². The first-order chi connectivity index (χ1) is 26.1. The van der Waals surface area contributed by atoms with E-state index in [1.165, 1.54) is 13.0 Å². The van der Waals surface area contributed by atoms with Gasteiger partial charge in [-0.3, -0.25) is 4.79 Å². The molecule has 11 heteroatoms. The number of allylic oxidation sites excluding steroid dienone is 4. The second kappa shape index (κ2) is 20.8. The molecule has 3 heterocycles. The monoisotopic (exact) mass is 793 g/mol. The Labute approximate surface area is 336 Å². The van der Waals surface area contributed by atoms with Crippen LogP contribution in [0, 0.1) is 53.3 Å². The summed E-state index contributed by atoms with van der Waals surface area (Å²) in [5, 5.41) is 66.1. The van der Waals surface area contributed by atoms with Crippen LogP contribution in [0.1, 0.15) is 121 Å². The summed E-state index contributed by atoms with van der Waals surface area (Å²) >= 11 is 0. The number of carbonyl (C=O) groups is 2. The van der Waals surface area contributed by atoms with Crippen molar-refractivity contribution in [3.8, 4) is 0 Å². The van der Waals surface area contributed by atoms with Crippen LogP contribution in [-0.4, -0.2) is 103 Å². The maximum Gasteiger partial charge on any atom is 0.330 e. The number of aliphatic hydroxyl groups excluding tert-OH is 5. The molecule has 56 heavy (non-hydrogen) atoms. The summed E-state index contributed by atoms with van der Waals surface area (Å²) in [5.41, 5.74) is -2.13. The van der Waals surface area contributed by atoms with Gasteiger partial charge in [-0.15, -0.1) is 0 Å². The Balaban J connectivity index is 1.98. The lowest BCUT2D eigenvalue weighted by Gasteiger charge is -2.56. The lowest BCUT2D eigenvalue weighted by Crippen LogP contribution is -2.63. The molecule has 3 rings (SSSR count). The number of hydrogen-bond donors (Lipinski definition) is 6. The Kier molecular flexibility index (Phi) is 18.0. The van der Waals surface area contributed by atoms with Gasteiger partial charge in [-0.05, 0) is 63.7 Å². The molecule has 3 aliphatic heterocycles. The molecule has 1 spiro atoms. The Morgan fingerprint density at radius 3 is 2.12 bits per heavy atom. The fraction of sp³-hybridized carbons (Fsp3) is 0.822. The minimum atomic E-state index is -2.13. The summed E-state index contributed by atoms with van der Waals surface area (Å²) in [7, 11) is 0. The third-order valence-corrected chi connectivity index (χ3v) is 13.9. The van der Waals surface area contributed by atoms with Crippen molar-refractivity contribution in [2.75, 3.05) is 0 Å². The summed E-state index contributed by atoms with van der Waals surface area (Å²) in [6.07, 6.45) is 7.80. The van der Waals surface area contributed by atoms with E-state index >= 15 is 0 Å². The second-order valence-electron chi connectivity index (χ2n) is 18.2. The molecule has 0 aromatic carbocycles. The van der Waals surface area contributed by atoms with Crippen molar-refractivity contribution in [3.63, 3.8) is 0 Å². The molecular weight excluding hydrogens is 716 g/mol. The lowest BCUT2D eigenvalue weighted by atomic mass is 9.74. The Morgan fingerprint density at radius 1 is 0.839 bits per heavy atom. The molecule has 0 aromatic rings. The third kappa shape index (κ3) is 11.6. The van der Waals surface area contributed by atoms with E-state index in [2.05, 4.69) is 26.8 Å². The highest BCUT2D eigenvalue weighted by atomic mass is 16.7. The number of carbonyl (C=O) groups excluding carboxylic acids is 2. The van der Waals surface area contributed by atoms with Crippen LogP contribution >= 0.6 is 0 Å². The Morgan fingerprint density at radius 2 is 1.50 bits per heavy atom. The van der Waals surface area contributed by atoms with Gasteiger partial charge in [0.2, 0.25) is 0 Å². The number of ether oxygens (including phenoxy) is 3.